The Bertz CT molecular complexity index is 3910. The van der Waals surface area contributed by atoms with E-state index in [1.807, 2.05) is 73.2 Å². The van der Waals surface area contributed by atoms with Gasteiger partial charge in [-0.3, -0.25) is 15.0 Å². The monoisotopic (exact) mass is 807 g/mol. The molecule has 0 amide bonds. The minimum Gasteiger partial charge on any atom is -0.454 e. The lowest BCUT2D eigenvalue weighted by molar-refractivity contribution is 0.668. The molecule has 6 aromatic heterocycles. The Morgan fingerprint density at radius 1 is 0.254 bits per heavy atom. The zero-order valence-electron chi connectivity index (χ0n) is 33.6. The number of aromatic nitrogens is 3. The van der Waals surface area contributed by atoms with E-state index in [0.29, 0.717) is 11.2 Å². The highest BCUT2D eigenvalue weighted by molar-refractivity contribution is 6.14. The third kappa shape index (κ3) is 5.69. The maximum absolute atomic E-state index is 6.79. The van der Waals surface area contributed by atoms with Gasteiger partial charge in [-0.1, -0.05) is 121 Å². The number of benzene rings is 7. The third-order valence-electron chi connectivity index (χ3n) is 12.3. The second-order valence-electron chi connectivity index (χ2n) is 15.9. The third-order valence-corrected chi connectivity index (χ3v) is 12.3. The molecule has 0 spiro atoms. The van der Waals surface area contributed by atoms with Crippen LogP contribution < -0.4 is 0 Å². The summed E-state index contributed by atoms with van der Waals surface area (Å²) in [6, 6.07) is 62.8. The van der Waals surface area contributed by atoms with Crippen LogP contribution in [0.2, 0.25) is 0 Å². The van der Waals surface area contributed by atoms with Crippen LogP contribution in [0, 0.1) is 0 Å². The normalized spacial score (nSPS) is 11.8. The molecule has 0 radical (unpaired) electrons. The average molecular weight is 808 g/mol. The molecule has 6 nitrogen and oxygen atoms in total. The van der Waals surface area contributed by atoms with Crippen LogP contribution in [-0.2, 0) is 0 Å². The molecule has 6 heterocycles. The number of rotatable bonds is 6. The van der Waals surface area contributed by atoms with Gasteiger partial charge in [-0.25, -0.2) is 0 Å². The molecule has 7 aromatic carbocycles. The highest BCUT2D eigenvalue weighted by atomic mass is 16.3. The highest BCUT2D eigenvalue weighted by Gasteiger charge is 2.23. The zero-order chi connectivity index (χ0) is 41.4. The fraction of sp³-hybridized carbons (Fsp3) is 0. The van der Waals surface area contributed by atoms with Crippen molar-refractivity contribution in [3.8, 4) is 66.8 Å². The van der Waals surface area contributed by atoms with Gasteiger partial charge in [0.25, 0.3) is 0 Å². The molecule has 0 aliphatic rings. The predicted octanol–water partition coefficient (Wildman–Crippen LogP) is 15.6. The van der Waals surface area contributed by atoms with Crippen molar-refractivity contribution in [2.45, 2.75) is 0 Å². The second kappa shape index (κ2) is 14.0. The average Bonchev–Trinajstić information content (AvgIpc) is 4.05. The quantitative estimate of drug-likeness (QED) is 0.166. The molecule has 13 aromatic rings. The first-order chi connectivity index (χ1) is 31.2. The van der Waals surface area contributed by atoms with Crippen LogP contribution in [0.4, 0.5) is 0 Å². The number of fused-ring (bicyclic) bond motifs is 9. The molecule has 0 saturated heterocycles. The Labute approximate surface area is 360 Å². The van der Waals surface area contributed by atoms with Crippen LogP contribution in [0.15, 0.2) is 214 Å². The Hall–Kier alpha value is -8.61. The first-order valence-electron chi connectivity index (χ1n) is 21.0. The van der Waals surface area contributed by atoms with E-state index in [-0.39, 0.29) is 0 Å². The summed E-state index contributed by atoms with van der Waals surface area (Å²) < 4.78 is 20.2. The number of hydrogen-bond donors (Lipinski definition) is 0. The second-order valence-corrected chi connectivity index (χ2v) is 15.9. The van der Waals surface area contributed by atoms with Crippen LogP contribution in [0.1, 0.15) is 0 Å². The Kier molecular flexibility index (Phi) is 7.80. The van der Waals surface area contributed by atoms with Gasteiger partial charge in [-0.2, -0.15) is 0 Å². The Morgan fingerprint density at radius 2 is 0.619 bits per heavy atom. The minimum atomic E-state index is 0.704. The molecule has 0 fully saturated rings. The predicted molar refractivity (Wildman–Crippen MR) is 254 cm³/mol. The van der Waals surface area contributed by atoms with Gasteiger partial charge in [-0.15, -0.1) is 0 Å². The molecule has 0 aliphatic heterocycles. The van der Waals surface area contributed by atoms with E-state index in [9.17, 15) is 0 Å². The van der Waals surface area contributed by atoms with Crippen LogP contribution in [0.3, 0.4) is 0 Å². The van der Waals surface area contributed by atoms with Gasteiger partial charge in [-0.05, 0) is 111 Å². The lowest BCUT2D eigenvalue weighted by Gasteiger charge is -2.14. The van der Waals surface area contributed by atoms with Crippen molar-refractivity contribution >= 4 is 66.2 Å². The van der Waals surface area contributed by atoms with Gasteiger partial charge in [0, 0.05) is 51.4 Å². The summed E-state index contributed by atoms with van der Waals surface area (Å²) in [5.41, 5.74) is 19.3. The largest absolute Gasteiger partial charge is 0.454 e. The van der Waals surface area contributed by atoms with Crippen molar-refractivity contribution in [3.05, 3.63) is 201 Å². The first-order valence-corrected chi connectivity index (χ1v) is 21.0. The summed E-state index contributed by atoms with van der Waals surface area (Å²) in [6.07, 6.45) is 5.62. The van der Waals surface area contributed by atoms with E-state index in [2.05, 4.69) is 127 Å². The first kappa shape index (κ1) is 35.2. The summed E-state index contributed by atoms with van der Waals surface area (Å²) >= 11 is 0. The van der Waals surface area contributed by atoms with Crippen LogP contribution in [-0.4, -0.2) is 15.0 Å². The number of hydrogen-bond acceptors (Lipinski definition) is 6. The van der Waals surface area contributed by atoms with Crippen molar-refractivity contribution < 1.29 is 13.3 Å². The van der Waals surface area contributed by atoms with Crippen LogP contribution >= 0.6 is 0 Å². The number of nitrogens with zero attached hydrogens (tertiary/aromatic N) is 3. The van der Waals surface area contributed by atoms with Gasteiger partial charge < -0.3 is 13.3 Å². The van der Waals surface area contributed by atoms with E-state index < -0.39 is 0 Å². The Balaban J connectivity index is 1.03. The van der Waals surface area contributed by atoms with Crippen molar-refractivity contribution in [1.29, 1.82) is 0 Å². The molecular weight excluding hydrogens is 775 g/mol. The van der Waals surface area contributed by atoms with Gasteiger partial charge in [0.2, 0.25) is 0 Å². The SMILES string of the molecule is c1ccc(-c2ccc3oc4c(-c5ccc(-c6ccnc7c6oc6ccc(-c8ccccc8)cc67)c(-c6ccnc7c6oc6ccc(-c8ccccc8)cc67)c5)ccnc4c3c2)cc1. The lowest BCUT2D eigenvalue weighted by Crippen LogP contribution is -1.91. The van der Waals surface area contributed by atoms with Crippen molar-refractivity contribution in [2.24, 2.45) is 0 Å². The summed E-state index contributed by atoms with van der Waals surface area (Å²) in [5.74, 6) is 0. The standard InChI is InChI=1S/C57H33N3O3/c1-4-10-34(11-5-1)37-17-21-49-46(30-37)52-55(61-49)41(24-27-58-52)40-16-20-42(43-25-28-59-53-47-31-38(35-12-6-2-7-13-35)18-22-50(47)62-56(43)53)45(33-40)44-26-29-60-54-48-32-39(36-14-8-3-9-15-36)19-23-51(48)63-57(44)54/h1-33H. The zero-order valence-corrected chi connectivity index (χ0v) is 33.6. The summed E-state index contributed by atoms with van der Waals surface area (Å²) in [6.45, 7) is 0. The van der Waals surface area contributed by atoms with Gasteiger partial charge in [0.1, 0.15) is 33.3 Å². The van der Waals surface area contributed by atoms with Crippen molar-refractivity contribution in [1.82, 2.24) is 15.0 Å². The summed E-state index contributed by atoms with van der Waals surface area (Å²) in [4.78, 5) is 14.7. The van der Waals surface area contributed by atoms with Gasteiger partial charge >= 0.3 is 0 Å². The fourth-order valence-corrected chi connectivity index (χ4v) is 9.22. The topological polar surface area (TPSA) is 78.1 Å². The van der Waals surface area contributed by atoms with Crippen molar-refractivity contribution in [3.63, 3.8) is 0 Å². The van der Waals surface area contributed by atoms with Crippen LogP contribution in [0.5, 0.6) is 0 Å². The molecule has 0 N–H and O–H groups in total. The van der Waals surface area contributed by atoms with Crippen LogP contribution in [0.25, 0.3) is 133 Å². The molecule has 0 unspecified atom stereocenters. The molecule has 63 heavy (non-hydrogen) atoms. The molecule has 0 bridgehead atoms. The minimum absolute atomic E-state index is 0.704. The molecule has 13 rings (SSSR count). The van der Waals surface area contributed by atoms with Gasteiger partial charge in [0.15, 0.2) is 16.7 Å². The maximum atomic E-state index is 6.79. The number of pyridine rings is 3. The maximum Gasteiger partial charge on any atom is 0.161 e. The highest BCUT2D eigenvalue weighted by Crippen LogP contribution is 2.46. The molecule has 0 atom stereocenters. The van der Waals surface area contributed by atoms with E-state index >= 15 is 0 Å². The molecule has 0 aliphatic carbocycles. The van der Waals surface area contributed by atoms with E-state index in [4.69, 9.17) is 28.2 Å². The summed E-state index contributed by atoms with van der Waals surface area (Å²) in [5, 5.41) is 2.89. The molecular formula is C57H33N3O3. The van der Waals surface area contributed by atoms with Gasteiger partial charge in [0.05, 0.1) is 0 Å². The van der Waals surface area contributed by atoms with Crippen molar-refractivity contribution in [2.75, 3.05) is 0 Å². The molecule has 294 valence electrons. The fourth-order valence-electron chi connectivity index (χ4n) is 9.22. The van der Waals surface area contributed by atoms with E-state index in [1.165, 1.54) is 0 Å². The van der Waals surface area contributed by atoms with E-state index in [1.54, 1.807) is 0 Å². The number of furan rings is 3. The Morgan fingerprint density at radius 3 is 1.05 bits per heavy atom. The molecule has 0 saturated carbocycles. The summed E-state index contributed by atoms with van der Waals surface area (Å²) in [7, 11) is 0. The smallest absolute Gasteiger partial charge is 0.161 e. The van der Waals surface area contributed by atoms with E-state index in [0.717, 1.165) is 122 Å². The molecule has 6 heteroatoms. The lowest BCUT2D eigenvalue weighted by atomic mass is 9.90.